The lowest BCUT2D eigenvalue weighted by atomic mass is 10.0. The van der Waals surface area contributed by atoms with Gasteiger partial charge < -0.3 is 19.5 Å². The SMILES string of the molecule is COc1cc(OC)c2c(c1)C(=O)c1cccc(OCCC3CCCCN3)c1-2. The van der Waals surface area contributed by atoms with Gasteiger partial charge in [-0.05, 0) is 37.9 Å². The van der Waals surface area contributed by atoms with Crippen LogP contribution in [0, 0.1) is 0 Å². The zero-order valence-electron chi connectivity index (χ0n) is 15.8. The van der Waals surface area contributed by atoms with E-state index in [1.165, 1.54) is 19.3 Å². The molecule has 1 aliphatic carbocycles. The van der Waals surface area contributed by atoms with Gasteiger partial charge >= 0.3 is 0 Å². The summed E-state index contributed by atoms with van der Waals surface area (Å²) in [5.74, 6) is 1.95. The Labute approximate surface area is 159 Å². The summed E-state index contributed by atoms with van der Waals surface area (Å²) < 4.78 is 17.0. The molecule has 0 saturated carbocycles. The van der Waals surface area contributed by atoms with Crippen molar-refractivity contribution in [1.29, 1.82) is 0 Å². The average Bonchev–Trinajstić information content (AvgIpc) is 3.01. The monoisotopic (exact) mass is 367 g/mol. The number of carbonyl (C=O) groups is 1. The molecular formula is C22H25NO4. The second-order valence-corrected chi connectivity index (χ2v) is 7.04. The lowest BCUT2D eigenvalue weighted by Crippen LogP contribution is -2.35. The van der Waals surface area contributed by atoms with Crippen molar-refractivity contribution in [3.63, 3.8) is 0 Å². The second kappa shape index (κ2) is 7.61. The largest absolute Gasteiger partial charge is 0.497 e. The Morgan fingerprint density at radius 2 is 1.89 bits per heavy atom. The van der Waals surface area contributed by atoms with Crippen molar-refractivity contribution in [3.8, 4) is 28.4 Å². The van der Waals surface area contributed by atoms with E-state index < -0.39 is 0 Å². The molecule has 1 N–H and O–H groups in total. The molecule has 27 heavy (non-hydrogen) atoms. The van der Waals surface area contributed by atoms with Crippen molar-refractivity contribution < 1.29 is 19.0 Å². The van der Waals surface area contributed by atoms with Gasteiger partial charge in [-0.1, -0.05) is 18.6 Å². The van der Waals surface area contributed by atoms with E-state index in [0.717, 1.165) is 29.8 Å². The molecule has 2 aliphatic rings. The molecule has 4 rings (SSSR count). The number of benzene rings is 2. The molecule has 1 saturated heterocycles. The van der Waals surface area contributed by atoms with Gasteiger partial charge in [0.25, 0.3) is 0 Å². The molecule has 1 fully saturated rings. The van der Waals surface area contributed by atoms with Crippen LogP contribution in [0.4, 0.5) is 0 Å². The Kier molecular flexibility index (Phi) is 5.03. The van der Waals surface area contributed by atoms with Gasteiger partial charge in [0.15, 0.2) is 5.78 Å². The summed E-state index contributed by atoms with van der Waals surface area (Å²) in [6.07, 6.45) is 4.69. The number of ketones is 1. The van der Waals surface area contributed by atoms with E-state index in [1.54, 1.807) is 20.3 Å². The maximum atomic E-state index is 12.9. The first-order valence-corrected chi connectivity index (χ1v) is 9.53. The zero-order chi connectivity index (χ0) is 18.8. The third kappa shape index (κ3) is 3.28. The number of rotatable bonds is 6. The lowest BCUT2D eigenvalue weighted by molar-refractivity contribution is 0.104. The molecule has 142 valence electrons. The lowest BCUT2D eigenvalue weighted by Gasteiger charge is -2.23. The van der Waals surface area contributed by atoms with Crippen LogP contribution in [0.15, 0.2) is 30.3 Å². The Morgan fingerprint density at radius 1 is 1.04 bits per heavy atom. The molecule has 1 unspecified atom stereocenters. The van der Waals surface area contributed by atoms with Gasteiger partial charge in [0.1, 0.15) is 17.2 Å². The fourth-order valence-corrected chi connectivity index (χ4v) is 4.03. The van der Waals surface area contributed by atoms with E-state index in [-0.39, 0.29) is 5.78 Å². The Balaban J connectivity index is 1.64. The summed E-state index contributed by atoms with van der Waals surface area (Å²) in [5, 5.41) is 3.54. The average molecular weight is 367 g/mol. The molecular weight excluding hydrogens is 342 g/mol. The number of hydrogen-bond donors (Lipinski definition) is 1. The topological polar surface area (TPSA) is 56.8 Å². The predicted molar refractivity (Wildman–Crippen MR) is 104 cm³/mol. The van der Waals surface area contributed by atoms with Crippen molar-refractivity contribution >= 4 is 5.78 Å². The highest BCUT2D eigenvalue weighted by molar-refractivity contribution is 6.23. The van der Waals surface area contributed by atoms with Crippen LogP contribution in [0.3, 0.4) is 0 Å². The first kappa shape index (κ1) is 17.9. The molecule has 2 aromatic rings. The van der Waals surface area contributed by atoms with Crippen LogP contribution in [0.25, 0.3) is 11.1 Å². The molecule has 1 atom stereocenters. The number of hydrogen-bond acceptors (Lipinski definition) is 5. The summed E-state index contributed by atoms with van der Waals surface area (Å²) in [6, 6.07) is 9.75. The van der Waals surface area contributed by atoms with Crippen molar-refractivity contribution in [3.05, 3.63) is 41.5 Å². The van der Waals surface area contributed by atoms with Gasteiger partial charge in [-0.15, -0.1) is 0 Å². The van der Waals surface area contributed by atoms with Gasteiger partial charge in [0.05, 0.1) is 20.8 Å². The fraction of sp³-hybridized carbons (Fsp3) is 0.409. The molecule has 1 aliphatic heterocycles. The molecule has 5 heteroatoms. The van der Waals surface area contributed by atoms with Gasteiger partial charge in [-0.25, -0.2) is 0 Å². The van der Waals surface area contributed by atoms with Crippen LogP contribution < -0.4 is 19.5 Å². The highest BCUT2D eigenvalue weighted by Gasteiger charge is 2.33. The van der Waals surface area contributed by atoms with E-state index >= 15 is 0 Å². The predicted octanol–water partition coefficient (Wildman–Crippen LogP) is 3.83. The van der Waals surface area contributed by atoms with Crippen LogP contribution in [0.5, 0.6) is 17.2 Å². The minimum absolute atomic E-state index is 0.0170. The molecule has 2 aromatic carbocycles. The third-order valence-corrected chi connectivity index (χ3v) is 5.43. The van der Waals surface area contributed by atoms with E-state index in [9.17, 15) is 4.79 Å². The standard InChI is InChI=1S/C22H25NO4/c1-25-15-12-17-21(19(13-15)26-2)20-16(22(17)24)7-5-8-18(20)27-11-9-14-6-3-4-10-23-14/h5,7-8,12-14,23H,3-4,6,9-11H2,1-2H3. The first-order chi connectivity index (χ1) is 13.2. The van der Waals surface area contributed by atoms with E-state index in [1.807, 2.05) is 24.3 Å². The summed E-state index contributed by atoms with van der Waals surface area (Å²) in [6.45, 7) is 1.71. The third-order valence-electron chi connectivity index (χ3n) is 5.43. The zero-order valence-corrected chi connectivity index (χ0v) is 15.8. The number of nitrogens with one attached hydrogen (secondary N) is 1. The summed E-state index contributed by atoms with van der Waals surface area (Å²) in [7, 11) is 3.19. The molecule has 0 bridgehead atoms. The van der Waals surface area contributed by atoms with Crippen LogP contribution >= 0.6 is 0 Å². The van der Waals surface area contributed by atoms with Crippen LogP contribution in [0.1, 0.15) is 41.6 Å². The highest BCUT2D eigenvalue weighted by Crippen LogP contribution is 2.48. The van der Waals surface area contributed by atoms with Gasteiger partial charge in [-0.3, -0.25) is 4.79 Å². The molecule has 0 aromatic heterocycles. The number of methoxy groups -OCH3 is 2. The second-order valence-electron chi connectivity index (χ2n) is 7.04. The van der Waals surface area contributed by atoms with Crippen LogP contribution in [-0.4, -0.2) is 39.2 Å². The van der Waals surface area contributed by atoms with Gasteiger partial charge in [0, 0.05) is 34.4 Å². The molecule has 5 nitrogen and oxygen atoms in total. The minimum atomic E-state index is -0.0170. The van der Waals surface area contributed by atoms with Crippen molar-refractivity contribution in [2.75, 3.05) is 27.4 Å². The van der Waals surface area contributed by atoms with E-state index in [0.29, 0.717) is 35.3 Å². The van der Waals surface area contributed by atoms with Crippen molar-refractivity contribution in [2.24, 2.45) is 0 Å². The van der Waals surface area contributed by atoms with Gasteiger partial charge in [0.2, 0.25) is 0 Å². The number of carbonyl (C=O) groups excluding carboxylic acids is 1. The molecule has 1 heterocycles. The number of fused-ring (bicyclic) bond motifs is 3. The summed E-state index contributed by atoms with van der Waals surface area (Å²) in [5.41, 5.74) is 2.88. The number of ether oxygens (including phenoxy) is 3. The Morgan fingerprint density at radius 3 is 2.63 bits per heavy atom. The summed E-state index contributed by atoms with van der Waals surface area (Å²) in [4.78, 5) is 12.9. The maximum absolute atomic E-state index is 12.9. The number of piperidine rings is 1. The fourth-order valence-electron chi connectivity index (χ4n) is 4.03. The van der Waals surface area contributed by atoms with E-state index in [2.05, 4.69) is 5.32 Å². The van der Waals surface area contributed by atoms with Crippen molar-refractivity contribution in [1.82, 2.24) is 5.32 Å². The maximum Gasteiger partial charge on any atom is 0.194 e. The highest BCUT2D eigenvalue weighted by atomic mass is 16.5. The minimum Gasteiger partial charge on any atom is -0.497 e. The van der Waals surface area contributed by atoms with Crippen LogP contribution in [-0.2, 0) is 0 Å². The Bertz CT molecular complexity index is 856. The molecule has 0 radical (unpaired) electrons. The Hall–Kier alpha value is -2.53. The summed E-state index contributed by atoms with van der Waals surface area (Å²) >= 11 is 0. The molecule has 0 spiro atoms. The molecule has 0 amide bonds. The van der Waals surface area contributed by atoms with Crippen LogP contribution in [0.2, 0.25) is 0 Å². The quantitative estimate of drug-likeness (QED) is 0.718. The smallest absolute Gasteiger partial charge is 0.194 e. The van der Waals surface area contributed by atoms with Gasteiger partial charge in [-0.2, -0.15) is 0 Å². The normalized spacial score (nSPS) is 18.0. The first-order valence-electron chi connectivity index (χ1n) is 9.53. The van der Waals surface area contributed by atoms with E-state index in [4.69, 9.17) is 14.2 Å². The van der Waals surface area contributed by atoms with Crippen molar-refractivity contribution in [2.45, 2.75) is 31.7 Å².